The molecule has 0 unspecified atom stereocenters. The van der Waals surface area contributed by atoms with Crippen LogP contribution in [0, 0.1) is 5.82 Å². The van der Waals surface area contributed by atoms with E-state index in [1.54, 1.807) is 6.07 Å². The molecule has 54 valence electrons. The van der Waals surface area contributed by atoms with Crippen LogP contribution in [0.2, 0.25) is 5.02 Å². The molecule has 0 aliphatic rings. The third kappa shape index (κ3) is 1.78. The Balaban J connectivity index is 3.04. The Morgan fingerprint density at radius 2 is 2.10 bits per heavy atom. The van der Waals surface area contributed by atoms with E-state index in [2.05, 4.69) is 0 Å². The standard InChI is InChI=1S/C6H3Cl2FS/c7-5-2-1-4(10-8)3-6(5)9/h1-3H. The highest BCUT2D eigenvalue weighted by atomic mass is 35.7. The summed E-state index contributed by atoms with van der Waals surface area (Å²) < 4.78 is 12.6. The lowest BCUT2D eigenvalue weighted by molar-refractivity contribution is 0.625. The average Bonchev–Trinajstić information content (AvgIpc) is 1.95. The van der Waals surface area contributed by atoms with Gasteiger partial charge in [-0.3, -0.25) is 0 Å². The average molecular weight is 197 g/mol. The van der Waals surface area contributed by atoms with E-state index in [4.69, 9.17) is 22.3 Å². The Bertz CT molecular complexity index is 239. The Kier molecular flexibility index (Phi) is 2.83. The molecule has 4 heteroatoms. The summed E-state index contributed by atoms with van der Waals surface area (Å²) in [7, 11) is 6.32. The van der Waals surface area contributed by atoms with Gasteiger partial charge in [-0.05, 0) is 39.9 Å². The van der Waals surface area contributed by atoms with Gasteiger partial charge in [-0.2, -0.15) is 0 Å². The van der Waals surface area contributed by atoms with Gasteiger partial charge in [0.05, 0.1) is 5.02 Å². The van der Waals surface area contributed by atoms with E-state index in [0.29, 0.717) is 4.90 Å². The van der Waals surface area contributed by atoms with E-state index in [9.17, 15) is 4.39 Å². The van der Waals surface area contributed by atoms with Gasteiger partial charge in [-0.25, -0.2) is 4.39 Å². The van der Waals surface area contributed by atoms with Crippen LogP contribution in [0.25, 0.3) is 0 Å². The molecule has 1 rings (SSSR count). The van der Waals surface area contributed by atoms with Crippen LogP contribution in [0.15, 0.2) is 23.1 Å². The van der Waals surface area contributed by atoms with Gasteiger partial charge in [0.2, 0.25) is 0 Å². The second-order valence-corrected chi connectivity index (χ2v) is 3.15. The van der Waals surface area contributed by atoms with E-state index in [-0.39, 0.29) is 5.02 Å². The van der Waals surface area contributed by atoms with E-state index in [1.807, 2.05) is 0 Å². The molecular weight excluding hydrogens is 194 g/mol. The fourth-order valence-corrected chi connectivity index (χ4v) is 1.20. The van der Waals surface area contributed by atoms with Gasteiger partial charge in [0, 0.05) is 4.90 Å². The van der Waals surface area contributed by atoms with Crippen molar-refractivity contribution >= 4 is 33.3 Å². The second kappa shape index (κ2) is 3.46. The first-order valence-electron chi connectivity index (χ1n) is 2.47. The molecule has 0 radical (unpaired) electrons. The summed E-state index contributed by atoms with van der Waals surface area (Å²) >= 11 is 5.41. The van der Waals surface area contributed by atoms with Gasteiger partial charge < -0.3 is 0 Å². The molecule has 0 N–H and O–H groups in total. The third-order valence-electron chi connectivity index (χ3n) is 0.980. The van der Waals surface area contributed by atoms with Crippen molar-refractivity contribution in [3.05, 3.63) is 29.0 Å². The van der Waals surface area contributed by atoms with Crippen LogP contribution in [0.3, 0.4) is 0 Å². The quantitative estimate of drug-likeness (QED) is 0.660. The predicted molar refractivity (Wildman–Crippen MR) is 43.1 cm³/mol. The molecule has 1 aromatic carbocycles. The van der Waals surface area contributed by atoms with Crippen LogP contribution >= 0.6 is 33.3 Å². The van der Waals surface area contributed by atoms with E-state index in [0.717, 1.165) is 11.0 Å². The first kappa shape index (κ1) is 8.18. The molecule has 0 saturated heterocycles. The maximum Gasteiger partial charge on any atom is 0.142 e. The van der Waals surface area contributed by atoms with E-state index < -0.39 is 5.82 Å². The van der Waals surface area contributed by atoms with Gasteiger partial charge in [0.1, 0.15) is 5.82 Å². The van der Waals surface area contributed by atoms with Crippen LogP contribution in [-0.4, -0.2) is 0 Å². The first-order chi connectivity index (χ1) is 4.74. The maximum absolute atomic E-state index is 12.6. The zero-order chi connectivity index (χ0) is 7.56. The molecular formula is C6H3Cl2FS. The molecule has 0 atom stereocenters. The maximum atomic E-state index is 12.6. The highest BCUT2D eigenvalue weighted by Crippen LogP contribution is 2.25. The number of halogens is 3. The number of hydrogen-bond acceptors (Lipinski definition) is 1. The SMILES string of the molecule is Fc1cc(SCl)ccc1Cl. The van der Waals surface area contributed by atoms with Gasteiger partial charge in [-0.15, -0.1) is 0 Å². The Labute approximate surface area is 71.8 Å². The minimum atomic E-state index is -0.438. The fourth-order valence-electron chi connectivity index (χ4n) is 0.525. The normalized spacial score (nSPS) is 9.90. The molecule has 0 aliphatic carbocycles. The number of hydrogen-bond donors (Lipinski definition) is 0. The van der Waals surface area contributed by atoms with Gasteiger partial charge in [0.25, 0.3) is 0 Å². The van der Waals surface area contributed by atoms with E-state index >= 15 is 0 Å². The van der Waals surface area contributed by atoms with Crippen molar-refractivity contribution in [2.75, 3.05) is 0 Å². The Morgan fingerprint density at radius 1 is 1.40 bits per heavy atom. The van der Waals surface area contributed by atoms with Crippen molar-refractivity contribution in [3.8, 4) is 0 Å². The summed E-state index contributed by atoms with van der Waals surface area (Å²) in [5, 5.41) is 0.120. The molecule has 0 nitrogen and oxygen atoms in total. The highest BCUT2D eigenvalue weighted by Gasteiger charge is 1.99. The van der Waals surface area contributed by atoms with Gasteiger partial charge >= 0.3 is 0 Å². The lowest BCUT2D eigenvalue weighted by Crippen LogP contribution is -1.75. The Hall–Kier alpha value is 0.0800. The molecule has 0 amide bonds. The molecule has 10 heavy (non-hydrogen) atoms. The fraction of sp³-hybridized carbons (Fsp3) is 0. The predicted octanol–water partition coefficient (Wildman–Crippen LogP) is 3.73. The van der Waals surface area contributed by atoms with Crippen LogP contribution in [0.4, 0.5) is 4.39 Å². The summed E-state index contributed by atoms with van der Waals surface area (Å²) in [6, 6.07) is 4.42. The van der Waals surface area contributed by atoms with Crippen LogP contribution < -0.4 is 0 Å². The second-order valence-electron chi connectivity index (χ2n) is 1.65. The van der Waals surface area contributed by atoms with Gasteiger partial charge in [0.15, 0.2) is 0 Å². The van der Waals surface area contributed by atoms with Crippen molar-refractivity contribution in [2.45, 2.75) is 4.90 Å². The largest absolute Gasteiger partial charge is 0.205 e. The monoisotopic (exact) mass is 196 g/mol. The molecule has 1 aromatic rings. The molecule has 0 aliphatic heterocycles. The number of rotatable bonds is 1. The summed E-state index contributed by atoms with van der Waals surface area (Å²) in [5.41, 5.74) is 0. The molecule has 0 bridgehead atoms. The topological polar surface area (TPSA) is 0 Å². The van der Waals surface area contributed by atoms with Crippen LogP contribution in [0.1, 0.15) is 0 Å². The minimum Gasteiger partial charge on any atom is -0.205 e. The molecule has 0 heterocycles. The van der Waals surface area contributed by atoms with E-state index in [1.165, 1.54) is 12.1 Å². The van der Waals surface area contributed by atoms with Crippen LogP contribution in [-0.2, 0) is 0 Å². The van der Waals surface area contributed by atoms with Crippen molar-refractivity contribution in [1.29, 1.82) is 0 Å². The number of benzene rings is 1. The van der Waals surface area contributed by atoms with Crippen molar-refractivity contribution in [2.24, 2.45) is 0 Å². The molecule has 0 fully saturated rings. The summed E-state index contributed by atoms with van der Waals surface area (Å²) in [4.78, 5) is 0.656. The highest BCUT2D eigenvalue weighted by molar-refractivity contribution is 8.21. The molecule has 0 aromatic heterocycles. The van der Waals surface area contributed by atoms with Crippen LogP contribution in [0.5, 0.6) is 0 Å². The zero-order valence-electron chi connectivity index (χ0n) is 4.77. The third-order valence-corrected chi connectivity index (χ3v) is 2.25. The smallest absolute Gasteiger partial charge is 0.142 e. The van der Waals surface area contributed by atoms with Crippen molar-refractivity contribution in [3.63, 3.8) is 0 Å². The van der Waals surface area contributed by atoms with Crippen molar-refractivity contribution < 1.29 is 4.39 Å². The van der Waals surface area contributed by atoms with Crippen molar-refractivity contribution in [1.82, 2.24) is 0 Å². The minimum absolute atomic E-state index is 0.120. The van der Waals surface area contributed by atoms with Gasteiger partial charge in [-0.1, -0.05) is 11.6 Å². The first-order valence-corrected chi connectivity index (χ1v) is 4.50. The summed E-state index contributed by atoms with van der Waals surface area (Å²) in [6.07, 6.45) is 0. The summed E-state index contributed by atoms with van der Waals surface area (Å²) in [5.74, 6) is -0.438. The molecule has 0 saturated carbocycles. The summed E-state index contributed by atoms with van der Waals surface area (Å²) in [6.45, 7) is 0. The molecule has 0 spiro atoms. The zero-order valence-corrected chi connectivity index (χ0v) is 7.10. The Morgan fingerprint density at radius 3 is 2.60 bits per heavy atom. The lowest BCUT2D eigenvalue weighted by Gasteiger charge is -1.94. The lowest BCUT2D eigenvalue weighted by atomic mass is 10.3.